The summed E-state index contributed by atoms with van der Waals surface area (Å²) in [5, 5.41) is 6.25. The Kier molecular flexibility index (Phi) is 5.65. The number of carbonyl (C=O) groups is 2. The third kappa shape index (κ3) is 3.63. The molecule has 0 aromatic heterocycles. The minimum atomic E-state index is -0.882. The number of carbonyl (C=O) groups excluding carboxylic acids is 2. The van der Waals surface area contributed by atoms with E-state index >= 15 is 0 Å². The molecule has 2 aliphatic heterocycles. The molecule has 2 amide bonds. The fourth-order valence-electron chi connectivity index (χ4n) is 4.97. The summed E-state index contributed by atoms with van der Waals surface area (Å²) in [7, 11) is 0. The van der Waals surface area contributed by atoms with Crippen molar-refractivity contribution in [2.45, 2.75) is 57.9 Å². The number of rotatable bonds is 6. The zero-order chi connectivity index (χ0) is 21.3. The monoisotopic (exact) mass is 406 g/mol. The number of amides is 2. The fourth-order valence-corrected chi connectivity index (χ4v) is 4.97. The molecular weight excluding hydrogens is 376 g/mol. The molecule has 6 atom stereocenters. The van der Waals surface area contributed by atoms with E-state index in [0.717, 1.165) is 24.0 Å². The molecule has 0 spiro atoms. The van der Waals surface area contributed by atoms with E-state index in [2.05, 4.69) is 10.6 Å². The minimum absolute atomic E-state index is 0.108. The molecule has 158 valence electrons. The molecule has 2 fully saturated rings. The number of hydrogen-bond donors (Lipinski definition) is 2. The molecule has 2 heterocycles. The van der Waals surface area contributed by atoms with Gasteiger partial charge in [0.05, 0.1) is 35.6 Å². The first-order chi connectivity index (χ1) is 14.4. The molecule has 0 aliphatic carbocycles. The normalized spacial score (nSPS) is 29.2. The van der Waals surface area contributed by atoms with Crippen LogP contribution in [0.15, 0.2) is 60.7 Å². The van der Waals surface area contributed by atoms with E-state index in [9.17, 15) is 9.59 Å². The van der Waals surface area contributed by atoms with Gasteiger partial charge in [-0.15, -0.1) is 0 Å². The number of ether oxygens (including phenoxy) is 1. The molecule has 5 nitrogen and oxygen atoms in total. The van der Waals surface area contributed by atoms with Gasteiger partial charge in [-0.3, -0.25) is 9.59 Å². The van der Waals surface area contributed by atoms with Crippen LogP contribution in [0.25, 0.3) is 0 Å². The summed E-state index contributed by atoms with van der Waals surface area (Å²) in [5.41, 5.74) is 1.20. The predicted molar refractivity (Wildman–Crippen MR) is 115 cm³/mol. The van der Waals surface area contributed by atoms with E-state index in [0.29, 0.717) is 0 Å². The highest BCUT2D eigenvalue weighted by Gasteiger charge is 2.63. The van der Waals surface area contributed by atoms with Gasteiger partial charge in [0, 0.05) is 0 Å². The van der Waals surface area contributed by atoms with Crippen LogP contribution in [0.1, 0.15) is 56.8 Å². The van der Waals surface area contributed by atoms with E-state index < -0.39 is 11.3 Å². The van der Waals surface area contributed by atoms with Crippen molar-refractivity contribution >= 4 is 11.8 Å². The molecule has 4 rings (SSSR count). The summed E-state index contributed by atoms with van der Waals surface area (Å²) in [4.78, 5) is 26.8. The number of hydrogen-bond acceptors (Lipinski definition) is 3. The molecule has 30 heavy (non-hydrogen) atoms. The number of fused-ring (bicyclic) bond motifs is 2. The Balaban J connectivity index is 1.52. The first-order valence-electron chi connectivity index (χ1n) is 10.8. The van der Waals surface area contributed by atoms with Crippen molar-refractivity contribution in [3.8, 4) is 0 Å². The lowest BCUT2D eigenvalue weighted by Gasteiger charge is -2.37. The highest BCUT2D eigenvalue weighted by molar-refractivity contribution is 5.92. The second kappa shape index (κ2) is 8.23. The molecule has 2 aliphatic rings. The maximum absolute atomic E-state index is 13.4. The maximum atomic E-state index is 13.4. The van der Waals surface area contributed by atoms with Crippen LogP contribution in [0, 0.1) is 11.3 Å². The van der Waals surface area contributed by atoms with Crippen molar-refractivity contribution in [1.82, 2.24) is 10.6 Å². The predicted octanol–water partition coefficient (Wildman–Crippen LogP) is 3.92. The van der Waals surface area contributed by atoms with Gasteiger partial charge in [0.2, 0.25) is 11.8 Å². The molecule has 0 radical (unpaired) electrons. The Labute approximate surface area is 178 Å². The van der Waals surface area contributed by atoms with E-state index in [-0.39, 0.29) is 36.1 Å². The first kappa shape index (κ1) is 20.6. The molecule has 0 unspecified atom stereocenters. The quantitative estimate of drug-likeness (QED) is 0.764. The van der Waals surface area contributed by atoms with Gasteiger partial charge < -0.3 is 15.4 Å². The van der Waals surface area contributed by atoms with Crippen molar-refractivity contribution in [2.24, 2.45) is 11.3 Å². The van der Waals surface area contributed by atoms with E-state index in [4.69, 9.17) is 4.74 Å². The van der Waals surface area contributed by atoms with Crippen molar-refractivity contribution in [3.05, 3.63) is 71.8 Å². The molecule has 5 heteroatoms. The highest BCUT2D eigenvalue weighted by Crippen LogP contribution is 2.52. The molecular formula is C25H30N2O3. The second-order valence-electron chi connectivity index (χ2n) is 8.75. The fraction of sp³-hybridized carbons (Fsp3) is 0.440. The third-order valence-corrected chi connectivity index (χ3v) is 6.82. The van der Waals surface area contributed by atoms with Crippen molar-refractivity contribution in [2.75, 3.05) is 0 Å². The molecule has 2 aromatic carbocycles. The average molecular weight is 407 g/mol. The molecule has 0 saturated carbocycles. The third-order valence-electron chi connectivity index (χ3n) is 6.82. The van der Waals surface area contributed by atoms with E-state index in [1.54, 1.807) is 0 Å². The zero-order valence-corrected chi connectivity index (χ0v) is 17.8. The number of nitrogens with one attached hydrogen (secondary N) is 2. The Morgan fingerprint density at radius 3 is 2.00 bits per heavy atom. The van der Waals surface area contributed by atoms with Crippen LogP contribution in [0.3, 0.4) is 0 Å². The standard InChI is InChI=1S/C25H30N2O3/c1-16(18-10-6-4-7-11-18)26-23(28)22-20-14-15-21(30-20)25(22,3)24(29)27-17(2)19-12-8-5-9-13-19/h4-13,16-17,20-22H,14-15H2,1-3H3,(H,26,28)(H,27,29)/t16-,17-,20-,21+,22+,25+/m0/s1. The smallest absolute Gasteiger partial charge is 0.229 e. The molecule has 2 N–H and O–H groups in total. The minimum Gasteiger partial charge on any atom is -0.373 e. The average Bonchev–Trinajstić information content (AvgIpc) is 3.35. The summed E-state index contributed by atoms with van der Waals surface area (Å²) in [5.74, 6) is -0.715. The van der Waals surface area contributed by atoms with Gasteiger partial charge in [-0.05, 0) is 44.7 Å². The van der Waals surface area contributed by atoms with Crippen molar-refractivity contribution in [3.63, 3.8) is 0 Å². The van der Waals surface area contributed by atoms with Gasteiger partial charge in [-0.25, -0.2) is 0 Å². The van der Waals surface area contributed by atoms with Crippen LogP contribution in [-0.2, 0) is 14.3 Å². The molecule has 2 aromatic rings. The topological polar surface area (TPSA) is 67.4 Å². The lowest BCUT2D eigenvalue weighted by molar-refractivity contribution is -0.143. The van der Waals surface area contributed by atoms with Crippen molar-refractivity contribution in [1.29, 1.82) is 0 Å². The zero-order valence-electron chi connectivity index (χ0n) is 17.8. The van der Waals surface area contributed by atoms with E-state index in [1.165, 1.54) is 0 Å². The largest absolute Gasteiger partial charge is 0.373 e. The second-order valence-corrected chi connectivity index (χ2v) is 8.75. The van der Waals surface area contributed by atoms with Gasteiger partial charge in [0.15, 0.2) is 0 Å². The van der Waals surface area contributed by atoms with Crippen LogP contribution in [-0.4, -0.2) is 24.0 Å². The Morgan fingerprint density at radius 1 is 0.900 bits per heavy atom. The van der Waals surface area contributed by atoms with Gasteiger partial charge in [0.25, 0.3) is 0 Å². The van der Waals surface area contributed by atoms with Crippen molar-refractivity contribution < 1.29 is 14.3 Å². The van der Waals surface area contributed by atoms with Crippen LogP contribution in [0.2, 0.25) is 0 Å². The van der Waals surface area contributed by atoms with Crippen LogP contribution in [0.4, 0.5) is 0 Å². The van der Waals surface area contributed by atoms with Gasteiger partial charge in [-0.2, -0.15) is 0 Å². The summed E-state index contributed by atoms with van der Waals surface area (Å²) in [6.07, 6.45) is 1.19. The summed E-state index contributed by atoms with van der Waals surface area (Å²) >= 11 is 0. The van der Waals surface area contributed by atoms with Gasteiger partial charge >= 0.3 is 0 Å². The Hall–Kier alpha value is -2.66. The Morgan fingerprint density at radius 2 is 1.43 bits per heavy atom. The SMILES string of the molecule is C[C@H](NC(=O)[C@H]1[C@@H]2CC[C@@H](O2)[C@@]1(C)C(=O)N[C@@H](C)c1ccccc1)c1ccccc1. The highest BCUT2D eigenvalue weighted by atomic mass is 16.5. The van der Waals surface area contributed by atoms with Gasteiger partial charge in [0.1, 0.15) is 0 Å². The lowest BCUT2D eigenvalue weighted by Crippen LogP contribution is -2.55. The summed E-state index contributed by atoms with van der Waals surface area (Å²) in [6, 6.07) is 19.5. The summed E-state index contributed by atoms with van der Waals surface area (Å²) in [6.45, 7) is 5.83. The molecule has 2 saturated heterocycles. The Bertz CT molecular complexity index is 901. The molecule has 2 bridgehead atoms. The van der Waals surface area contributed by atoms with Crippen LogP contribution < -0.4 is 10.6 Å². The van der Waals surface area contributed by atoms with Crippen LogP contribution >= 0.6 is 0 Å². The lowest BCUT2D eigenvalue weighted by atomic mass is 9.66. The maximum Gasteiger partial charge on any atom is 0.229 e. The first-order valence-corrected chi connectivity index (χ1v) is 10.8. The number of benzene rings is 2. The summed E-state index contributed by atoms with van der Waals surface area (Å²) < 4.78 is 6.10. The van der Waals surface area contributed by atoms with Crippen LogP contribution in [0.5, 0.6) is 0 Å². The van der Waals surface area contributed by atoms with E-state index in [1.807, 2.05) is 81.4 Å². The van der Waals surface area contributed by atoms with Gasteiger partial charge in [-0.1, -0.05) is 60.7 Å².